The average Bonchev–Trinajstić information content (AvgIpc) is 2.38. The summed E-state index contributed by atoms with van der Waals surface area (Å²) in [6, 6.07) is 6.69. The summed E-state index contributed by atoms with van der Waals surface area (Å²) in [5, 5.41) is 4.31. The molecule has 1 aromatic carbocycles. The van der Waals surface area contributed by atoms with Crippen LogP contribution in [0.25, 0.3) is 0 Å². The molecule has 19 heavy (non-hydrogen) atoms. The minimum Gasteiger partial charge on any atom is -0.372 e. The van der Waals surface area contributed by atoms with Crippen molar-refractivity contribution in [2.75, 3.05) is 18.5 Å². The van der Waals surface area contributed by atoms with Gasteiger partial charge in [-0.3, -0.25) is 0 Å². The summed E-state index contributed by atoms with van der Waals surface area (Å²) in [7, 11) is 2.14. The van der Waals surface area contributed by atoms with Gasteiger partial charge in [-0.1, -0.05) is 38.4 Å². The molecule has 0 saturated carbocycles. The van der Waals surface area contributed by atoms with E-state index < -0.39 is 0 Å². The number of hydrogen-bond donors (Lipinski definition) is 1. The highest BCUT2D eigenvalue weighted by Crippen LogP contribution is 2.26. The minimum absolute atomic E-state index is 0.516. The molecular weight excluding hydrogens is 256 g/mol. The van der Waals surface area contributed by atoms with Gasteiger partial charge in [-0.2, -0.15) is 0 Å². The molecule has 3 heteroatoms. The number of rotatable bonds is 7. The van der Waals surface area contributed by atoms with E-state index in [0.717, 1.165) is 24.5 Å². The molecule has 2 nitrogen and oxygen atoms in total. The van der Waals surface area contributed by atoms with E-state index in [9.17, 15) is 0 Å². The van der Waals surface area contributed by atoms with Crippen molar-refractivity contribution in [1.82, 2.24) is 5.32 Å². The Hall–Kier alpha value is -0.730. The molecule has 0 aliphatic heterocycles. The lowest BCUT2D eigenvalue weighted by atomic mass is 10.1. The first-order chi connectivity index (χ1) is 8.95. The van der Waals surface area contributed by atoms with Crippen LogP contribution >= 0.6 is 11.6 Å². The fourth-order valence-corrected chi connectivity index (χ4v) is 2.19. The molecular formula is C16H27ClN2. The van der Waals surface area contributed by atoms with Crippen molar-refractivity contribution in [3.8, 4) is 0 Å². The molecule has 0 spiro atoms. The van der Waals surface area contributed by atoms with Crippen LogP contribution in [-0.4, -0.2) is 19.6 Å². The van der Waals surface area contributed by atoms with Crippen LogP contribution < -0.4 is 10.2 Å². The maximum absolute atomic E-state index is 6.15. The Morgan fingerprint density at radius 2 is 1.95 bits per heavy atom. The smallest absolute Gasteiger partial charge is 0.0426 e. The van der Waals surface area contributed by atoms with Crippen molar-refractivity contribution in [2.24, 2.45) is 5.92 Å². The molecule has 0 aliphatic rings. The summed E-state index contributed by atoms with van der Waals surface area (Å²) >= 11 is 6.15. The maximum atomic E-state index is 6.15. The van der Waals surface area contributed by atoms with E-state index in [1.165, 1.54) is 11.3 Å². The predicted molar refractivity (Wildman–Crippen MR) is 86.2 cm³/mol. The quantitative estimate of drug-likeness (QED) is 0.801. The molecule has 0 aromatic heterocycles. The Morgan fingerprint density at radius 1 is 1.26 bits per heavy atom. The van der Waals surface area contributed by atoms with Gasteiger partial charge in [-0.05, 0) is 43.5 Å². The van der Waals surface area contributed by atoms with Gasteiger partial charge >= 0.3 is 0 Å². The number of nitrogens with zero attached hydrogens (tertiary/aromatic N) is 1. The molecule has 1 unspecified atom stereocenters. The largest absolute Gasteiger partial charge is 0.372 e. The highest BCUT2D eigenvalue weighted by molar-refractivity contribution is 6.30. The lowest BCUT2D eigenvalue weighted by Gasteiger charge is -2.28. The topological polar surface area (TPSA) is 15.3 Å². The van der Waals surface area contributed by atoms with Gasteiger partial charge in [0, 0.05) is 30.3 Å². The maximum Gasteiger partial charge on any atom is 0.0426 e. The lowest BCUT2D eigenvalue weighted by molar-refractivity contribution is 0.551. The van der Waals surface area contributed by atoms with Crippen LogP contribution in [0.4, 0.5) is 5.69 Å². The second-order valence-corrected chi connectivity index (χ2v) is 6.10. The molecule has 1 aromatic rings. The van der Waals surface area contributed by atoms with E-state index in [-0.39, 0.29) is 0 Å². The highest BCUT2D eigenvalue weighted by atomic mass is 35.5. The standard InChI is InChI=1S/C16H27ClN2/c1-6-13(4)19(5)16-9-15(17)8-7-14(16)11-18-10-12(2)3/h7-9,12-13,18H,6,10-11H2,1-5H3. The molecule has 1 rings (SSSR count). The first kappa shape index (κ1) is 16.3. The van der Waals surface area contributed by atoms with E-state index in [1.807, 2.05) is 6.07 Å². The van der Waals surface area contributed by atoms with Gasteiger partial charge < -0.3 is 10.2 Å². The van der Waals surface area contributed by atoms with E-state index in [2.05, 4.69) is 57.1 Å². The molecule has 0 amide bonds. The van der Waals surface area contributed by atoms with E-state index in [4.69, 9.17) is 11.6 Å². The number of hydrogen-bond acceptors (Lipinski definition) is 2. The number of nitrogens with one attached hydrogen (secondary N) is 1. The Balaban J connectivity index is 2.85. The third-order valence-corrected chi connectivity index (χ3v) is 3.78. The highest BCUT2D eigenvalue weighted by Gasteiger charge is 2.12. The summed E-state index contributed by atoms with van der Waals surface area (Å²) < 4.78 is 0. The van der Waals surface area contributed by atoms with Crippen LogP contribution in [0.1, 0.15) is 39.7 Å². The molecule has 0 saturated heterocycles. The number of benzene rings is 1. The third-order valence-electron chi connectivity index (χ3n) is 3.55. The van der Waals surface area contributed by atoms with E-state index in [1.54, 1.807) is 0 Å². The van der Waals surface area contributed by atoms with Gasteiger partial charge in [-0.15, -0.1) is 0 Å². The molecule has 1 N–H and O–H groups in total. The monoisotopic (exact) mass is 282 g/mol. The zero-order chi connectivity index (χ0) is 14.4. The minimum atomic E-state index is 0.516. The van der Waals surface area contributed by atoms with Gasteiger partial charge in [0.25, 0.3) is 0 Å². The molecule has 0 heterocycles. The van der Waals surface area contributed by atoms with Crippen molar-refractivity contribution in [3.63, 3.8) is 0 Å². The first-order valence-electron chi connectivity index (χ1n) is 7.17. The summed E-state index contributed by atoms with van der Waals surface area (Å²) in [4.78, 5) is 2.32. The van der Waals surface area contributed by atoms with Crippen molar-refractivity contribution in [1.29, 1.82) is 0 Å². The first-order valence-corrected chi connectivity index (χ1v) is 7.55. The predicted octanol–water partition coefficient (Wildman–Crippen LogP) is 4.32. The lowest BCUT2D eigenvalue weighted by Crippen LogP contribution is -2.30. The number of anilines is 1. The second-order valence-electron chi connectivity index (χ2n) is 5.67. The van der Waals surface area contributed by atoms with Gasteiger partial charge in [0.05, 0.1) is 0 Å². The molecule has 0 radical (unpaired) electrons. The number of halogens is 1. The molecule has 0 bridgehead atoms. The van der Waals surface area contributed by atoms with Gasteiger partial charge in [0.1, 0.15) is 0 Å². The third kappa shape index (κ3) is 5.04. The summed E-state index contributed by atoms with van der Waals surface area (Å²) in [5.74, 6) is 0.669. The van der Waals surface area contributed by atoms with E-state index in [0.29, 0.717) is 12.0 Å². The van der Waals surface area contributed by atoms with E-state index >= 15 is 0 Å². The Bertz CT molecular complexity index is 390. The zero-order valence-corrected chi connectivity index (χ0v) is 13.6. The summed E-state index contributed by atoms with van der Waals surface area (Å²) in [6.07, 6.45) is 1.13. The van der Waals surface area contributed by atoms with Gasteiger partial charge in [0.15, 0.2) is 0 Å². The molecule has 0 fully saturated rings. The zero-order valence-electron chi connectivity index (χ0n) is 12.8. The van der Waals surface area contributed by atoms with Crippen molar-refractivity contribution >= 4 is 17.3 Å². The van der Waals surface area contributed by atoms with Gasteiger partial charge in [-0.25, -0.2) is 0 Å². The van der Waals surface area contributed by atoms with Crippen LogP contribution in [0.15, 0.2) is 18.2 Å². The van der Waals surface area contributed by atoms with Crippen molar-refractivity contribution in [2.45, 2.75) is 46.7 Å². The Morgan fingerprint density at radius 3 is 2.53 bits per heavy atom. The fourth-order valence-electron chi connectivity index (χ4n) is 2.02. The SMILES string of the molecule is CCC(C)N(C)c1cc(Cl)ccc1CNCC(C)C. The summed E-state index contributed by atoms with van der Waals surface area (Å²) in [5.41, 5.74) is 2.55. The van der Waals surface area contributed by atoms with Crippen LogP contribution in [0.2, 0.25) is 5.02 Å². The second kappa shape index (κ2) is 7.76. The van der Waals surface area contributed by atoms with Crippen LogP contribution in [0.5, 0.6) is 0 Å². The summed E-state index contributed by atoms with van der Waals surface area (Å²) in [6.45, 7) is 10.8. The molecule has 1 atom stereocenters. The van der Waals surface area contributed by atoms with Crippen molar-refractivity contribution < 1.29 is 0 Å². The molecule has 108 valence electrons. The van der Waals surface area contributed by atoms with Crippen LogP contribution in [0.3, 0.4) is 0 Å². The fraction of sp³-hybridized carbons (Fsp3) is 0.625. The average molecular weight is 283 g/mol. The normalized spacial score (nSPS) is 12.8. The van der Waals surface area contributed by atoms with Crippen LogP contribution in [0, 0.1) is 5.92 Å². The molecule has 0 aliphatic carbocycles. The van der Waals surface area contributed by atoms with Crippen molar-refractivity contribution in [3.05, 3.63) is 28.8 Å². The van der Waals surface area contributed by atoms with Crippen LogP contribution in [-0.2, 0) is 6.54 Å². The Labute approximate surface area is 123 Å². The van der Waals surface area contributed by atoms with Gasteiger partial charge in [0.2, 0.25) is 0 Å². The Kier molecular flexibility index (Phi) is 6.67.